The Balaban J connectivity index is 1.66. The van der Waals surface area contributed by atoms with Gasteiger partial charge in [0, 0.05) is 45.4 Å². The summed E-state index contributed by atoms with van der Waals surface area (Å²) in [6.45, 7) is 12.4. The molecule has 0 spiro atoms. The fraction of sp³-hybridized carbons (Fsp3) is 1.00. The second-order valence-electron chi connectivity index (χ2n) is 6.35. The number of nitrogens with zero attached hydrogens (tertiary/aromatic N) is 2. The van der Waals surface area contributed by atoms with Gasteiger partial charge in [-0.25, -0.2) is 0 Å². The van der Waals surface area contributed by atoms with Gasteiger partial charge in [-0.15, -0.1) is 0 Å². The minimum atomic E-state index is 0.692. The lowest BCUT2D eigenvalue weighted by molar-refractivity contribution is 0.0412. The highest BCUT2D eigenvalue weighted by molar-refractivity contribution is 4.81. The van der Waals surface area contributed by atoms with Gasteiger partial charge in [-0.2, -0.15) is 0 Å². The molecule has 0 aromatic carbocycles. The van der Waals surface area contributed by atoms with Crippen molar-refractivity contribution < 1.29 is 4.74 Å². The van der Waals surface area contributed by atoms with Gasteiger partial charge >= 0.3 is 0 Å². The average molecular weight is 268 g/mol. The van der Waals surface area contributed by atoms with Crippen LogP contribution in [-0.4, -0.2) is 61.8 Å². The maximum atomic E-state index is 5.48. The summed E-state index contributed by atoms with van der Waals surface area (Å²) in [7, 11) is 0. The van der Waals surface area contributed by atoms with Crippen LogP contribution in [0.1, 0.15) is 46.0 Å². The zero-order valence-electron chi connectivity index (χ0n) is 12.9. The Morgan fingerprint density at radius 3 is 2.58 bits per heavy atom. The lowest BCUT2D eigenvalue weighted by Crippen LogP contribution is -2.53. The van der Waals surface area contributed by atoms with Crippen molar-refractivity contribution in [2.45, 2.75) is 52.0 Å². The predicted octanol–water partition coefficient (Wildman–Crippen LogP) is 2.61. The number of ether oxygens (including phenoxy) is 1. The molecular formula is C16H32N2O. The highest BCUT2D eigenvalue weighted by Crippen LogP contribution is 2.25. The van der Waals surface area contributed by atoms with E-state index in [0.29, 0.717) is 6.04 Å². The molecule has 3 heteroatoms. The molecule has 0 radical (unpaired) electrons. The van der Waals surface area contributed by atoms with Crippen LogP contribution in [0.25, 0.3) is 0 Å². The summed E-state index contributed by atoms with van der Waals surface area (Å²) in [6, 6.07) is 0.692. The van der Waals surface area contributed by atoms with Gasteiger partial charge in [0.25, 0.3) is 0 Å². The van der Waals surface area contributed by atoms with Crippen LogP contribution in [0, 0.1) is 5.92 Å². The van der Waals surface area contributed by atoms with Gasteiger partial charge in [-0.3, -0.25) is 4.90 Å². The lowest BCUT2D eigenvalue weighted by atomic mass is 9.88. The van der Waals surface area contributed by atoms with Gasteiger partial charge in [-0.1, -0.05) is 19.3 Å². The molecule has 0 unspecified atom stereocenters. The molecular weight excluding hydrogens is 236 g/mol. The van der Waals surface area contributed by atoms with Crippen LogP contribution in [0.4, 0.5) is 0 Å². The maximum absolute atomic E-state index is 5.48. The van der Waals surface area contributed by atoms with Crippen molar-refractivity contribution >= 4 is 0 Å². The van der Waals surface area contributed by atoms with Gasteiger partial charge in [0.2, 0.25) is 0 Å². The van der Waals surface area contributed by atoms with Crippen molar-refractivity contribution in [3.05, 3.63) is 0 Å². The van der Waals surface area contributed by atoms with E-state index >= 15 is 0 Å². The molecule has 1 saturated carbocycles. The number of rotatable bonds is 6. The van der Waals surface area contributed by atoms with Gasteiger partial charge in [0.05, 0.1) is 6.61 Å². The zero-order chi connectivity index (χ0) is 13.5. The molecule has 0 amide bonds. The first-order valence-electron chi connectivity index (χ1n) is 8.33. The smallest absolute Gasteiger partial charge is 0.0593 e. The third-order valence-electron chi connectivity index (χ3n) is 4.82. The van der Waals surface area contributed by atoms with Gasteiger partial charge in [0.1, 0.15) is 0 Å². The molecule has 1 heterocycles. The standard InChI is InChI=1S/C16H32N2O/c1-3-19-12-11-18-10-9-17(13-15(18)2)14-16-7-5-4-6-8-16/h15-16H,3-14H2,1-2H3/t15-/m0/s1. The van der Waals surface area contributed by atoms with Gasteiger partial charge in [-0.05, 0) is 32.6 Å². The van der Waals surface area contributed by atoms with Crippen molar-refractivity contribution in [1.82, 2.24) is 9.80 Å². The van der Waals surface area contributed by atoms with E-state index in [-0.39, 0.29) is 0 Å². The Labute approximate surface area is 119 Å². The quantitative estimate of drug-likeness (QED) is 0.689. The number of piperazine rings is 1. The maximum Gasteiger partial charge on any atom is 0.0593 e. The predicted molar refractivity (Wildman–Crippen MR) is 80.5 cm³/mol. The SMILES string of the molecule is CCOCCN1CCN(CC2CCCCC2)C[C@@H]1C. The minimum absolute atomic E-state index is 0.692. The fourth-order valence-corrected chi connectivity index (χ4v) is 3.63. The highest BCUT2D eigenvalue weighted by Gasteiger charge is 2.25. The lowest BCUT2D eigenvalue weighted by Gasteiger charge is -2.41. The van der Waals surface area contributed by atoms with E-state index in [4.69, 9.17) is 4.74 Å². The second kappa shape index (κ2) is 8.23. The largest absolute Gasteiger partial charge is 0.380 e. The van der Waals surface area contributed by atoms with E-state index in [2.05, 4.69) is 23.6 Å². The van der Waals surface area contributed by atoms with Crippen LogP contribution < -0.4 is 0 Å². The molecule has 0 N–H and O–H groups in total. The molecule has 2 rings (SSSR count). The Bertz CT molecular complexity index is 241. The molecule has 112 valence electrons. The van der Waals surface area contributed by atoms with Crippen LogP contribution in [0.5, 0.6) is 0 Å². The minimum Gasteiger partial charge on any atom is -0.380 e. The summed E-state index contributed by atoms with van der Waals surface area (Å²) >= 11 is 0. The molecule has 1 aliphatic carbocycles. The van der Waals surface area contributed by atoms with Crippen molar-refractivity contribution in [1.29, 1.82) is 0 Å². The molecule has 1 aliphatic heterocycles. The monoisotopic (exact) mass is 268 g/mol. The summed E-state index contributed by atoms with van der Waals surface area (Å²) < 4.78 is 5.48. The van der Waals surface area contributed by atoms with Crippen LogP contribution in [0.15, 0.2) is 0 Å². The Morgan fingerprint density at radius 1 is 1.11 bits per heavy atom. The van der Waals surface area contributed by atoms with Crippen LogP contribution in [0.2, 0.25) is 0 Å². The van der Waals surface area contributed by atoms with E-state index in [9.17, 15) is 0 Å². The highest BCUT2D eigenvalue weighted by atomic mass is 16.5. The van der Waals surface area contributed by atoms with Crippen molar-refractivity contribution in [3.8, 4) is 0 Å². The third-order valence-corrected chi connectivity index (χ3v) is 4.82. The van der Waals surface area contributed by atoms with Crippen molar-refractivity contribution in [3.63, 3.8) is 0 Å². The van der Waals surface area contributed by atoms with Crippen molar-refractivity contribution in [2.24, 2.45) is 5.92 Å². The first kappa shape index (κ1) is 15.3. The summed E-state index contributed by atoms with van der Waals surface area (Å²) in [4.78, 5) is 5.30. The molecule has 2 aliphatic rings. The Kier molecular flexibility index (Phi) is 6.62. The van der Waals surface area contributed by atoms with Crippen LogP contribution in [0.3, 0.4) is 0 Å². The molecule has 0 aromatic heterocycles. The fourth-order valence-electron chi connectivity index (χ4n) is 3.63. The molecule has 0 bridgehead atoms. The number of hydrogen-bond acceptors (Lipinski definition) is 3. The Hall–Kier alpha value is -0.120. The zero-order valence-corrected chi connectivity index (χ0v) is 12.9. The Morgan fingerprint density at radius 2 is 1.89 bits per heavy atom. The molecule has 3 nitrogen and oxygen atoms in total. The molecule has 19 heavy (non-hydrogen) atoms. The third kappa shape index (κ3) is 5.05. The van der Waals surface area contributed by atoms with E-state index in [1.807, 2.05) is 0 Å². The molecule has 1 saturated heterocycles. The van der Waals surface area contributed by atoms with E-state index in [0.717, 1.165) is 25.7 Å². The molecule has 2 fully saturated rings. The number of hydrogen-bond donors (Lipinski definition) is 0. The average Bonchev–Trinajstić information content (AvgIpc) is 2.43. The van der Waals surface area contributed by atoms with Gasteiger partial charge < -0.3 is 9.64 Å². The van der Waals surface area contributed by atoms with Gasteiger partial charge in [0.15, 0.2) is 0 Å². The van der Waals surface area contributed by atoms with E-state index in [1.54, 1.807) is 0 Å². The molecule has 1 atom stereocenters. The summed E-state index contributed by atoms with van der Waals surface area (Å²) in [6.07, 6.45) is 7.35. The first-order valence-corrected chi connectivity index (χ1v) is 8.33. The summed E-state index contributed by atoms with van der Waals surface area (Å²) in [5, 5.41) is 0. The summed E-state index contributed by atoms with van der Waals surface area (Å²) in [5.74, 6) is 0.982. The normalized spacial score (nSPS) is 27.8. The molecule has 0 aromatic rings. The van der Waals surface area contributed by atoms with Crippen molar-refractivity contribution in [2.75, 3.05) is 45.9 Å². The van der Waals surface area contributed by atoms with E-state index < -0.39 is 0 Å². The summed E-state index contributed by atoms with van der Waals surface area (Å²) in [5.41, 5.74) is 0. The van der Waals surface area contributed by atoms with Crippen LogP contribution in [-0.2, 0) is 4.74 Å². The topological polar surface area (TPSA) is 15.7 Å². The van der Waals surface area contributed by atoms with Crippen LogP contribution >= 0.6 is 0 Å². The first-order chi connectivity index (χ1) is 9.29. The second-order valence-corrected chi connectivity index (χ2v) is 6.35. The van der Waals surface area contributed by atoms with E-state index in [1.165, 1.54) is 58.3 Å².